The van der Waals surface area contributed by atoms with Crippen LogP contribution >= 0.6 is 23.2 Å². The molecule has 0 aliphatic heterocycles. The van der Waals surface area contributed by atoms with E-state index in [1.54, 1.807) is 72.8 Å². The third-order valence-electron chi connectivity index (χ3n) is 7.16. The molecule has 0 unspecified atom stereocenters. The van der Waals surface area contributed by atoms with Crippen LogP contribution in [-0.4, -0.2) is 21.6 Å². The second kappa shape index (κ2) is 10.4. The number of sulfone groups is 2. The summed E-state index contributed by atoms with van der Waals surface area (Å²) in [4.78, 5) is -0.582. The molecule has 0 aromatic heterocycles. The predicted octanol–water partition coefficient (Wildman–Crippen LogP) is 6.25. The van der Waals surface area contributed by atoms with Crippen molar-refractivity contribution in [2.24, 2.45) is 5.73 Å². The van der Waals surface area contributed by atoms with E-state index in [-0.39, 0.29) is 14.7 Å². The summed E-state index contributed by atoms with van der Waals surface area (Å²) in [6, 6.07) is 29.7. The summed E-state index contributed by atoms with van der Waals surface area (Å²) in [5.41, 5.74) is 6.95. The SMILES string of the molecule is N#C[C@]1(S(=O)(=O)c2ccccc2)C(N)=C(S(=O)(=O)c2ccccc2)[C@@H](c2ccc(Cl)cc2)[C@@H]1c1ccc(Cl)cc1. The number of halogens is 2. The van der Waals surface area contributed by atoms with Gasteiger partial charge in [-0.15, -0.1) is 0 Å². The third-order valence-corrected chi connectivity index (χ3v) is 11.9. The number of nitrogens with two attached hydrogens (primary N) is 1. The number of allylic oxidation sites excluding steroid dienone is 1. The maximum atomic E-state index is 14.5. The molecule has 0 saturated heterocycles. The monoisotopic (exact) mass is 608 g/mol. The summed E-state index contributed by atoms with van der Waals surface area (Å²) >= 11 is 12.3. The van der Waals surface area contributed by atoms with E-state index in [1.165, 1.54) is 36.4 Å². The van der Waals surface area contributed by atoms with Gasteiger partial charge >= 0.3 is 0 Å². The number of nitriles is 1. The Balaban J connectivity index is 1.94. The number of hydrogen-bond acceptors (Lipinski definition) is 6. The molecule has 0 radical (unpaired) electrons. The fraction of sp³-hybridized carbons (Fsp3) is 0.100. The van der Waals surface area contributed by atoms with Crippen molar-refractivity contribution >= 4 is 42.9 Å². The molecule has 3 atom stereocenters. The van der Waals surface area contributed by atoms with Gasteiger partial charge in [-0.2, -0.15) is 5.26 Å². The Morgan fingerprint density at radius 1 is 0.675 bits per heavy atom. The molecular formula is C30H22Cl2N2O4S2. The number of benzene rings is 4. The fourth-order valence-electron chi connectivity index (χ4n) is 5.34. The molecule has 4 aromatic rings. The number of hydrogen-bond donors (Lipinski definition) is 1. The van der Waals surface area contributed by atoms with E-state index >= 15 is 0 Å². The van der Waals surface area contributed by atoms with E-state index in [4.69, 9.17) is 28.9 Å². The van der Waals surface area contributed by atoms with Crippen LogP contribution in [0.2, 0.25) is 10.0 Å². The van der Waals surface area contributed by atoms with Crippen molar-refractivity contribution in [2.75, 3.05) is 0 Å². The molecule has 0 heterocycles. The van der Waals surface area contributed by atoms with Gasteiger partial charge in [0, 0.05) is 21.9 Å². The summed E-state index contributed by atoms with van der Waals surface area (Å²) in [5, 5.41) is 11.6. The number of nitrogens with zero attached hydrogens (tertiary/aromatic N) is 1. The molecule has 6 nitrogen and oxygen atoms in total. The highest BCUT2D eigenvalue weighted by molar-refractivity contribution is 7.96. The Kier molecular flexibility index (Phi) is 7.28. The summed E-state index contributed by atoms with van der Waals surface area (Å²) in [6.07, 6.45) is 0. The molecule has 2 N–H and O–H groups in total. The van der Waals surface area contributed by atoms with Gasteiger partial charge in [-0.3, -0.25) is 0 Å². The molecule has 5 rings (SSSR count). The molecule has 40 heavy (non-hydrogen) atoms. The van der Waals surface area contributed by atoms with Crippen LogP contribution < -0.4 is 5.73 Å². The quantitative estimate of drug-likeness (QED) is 0.276. The average Bonchev–Trinajstić information content (AvgIpc) is 3.25. The van der Waals surface area contributed by atoms with E-state index in [0.717, 1.165) is 0 Å². The molecule has 0 amide bonds. The summed E-state index contributed by atoms with van der Waals surface area (Å²) < 4.78 is 55.1. The molecule has 202 valence electrons. The molecule has 0 bridgehead atoms. The van der Waals surface area contributed by atoms with Gasteiger partial charge in [-0.1, -0.05) is 83.9 Å². The molecule has 0 saturated carbocycles. The largest absolute Gasteiger partial charge is 0.399 e. The minimum atomic E-state index is -4.60. The van der Waals surface area contributed by atoms with Crippen molar-refractivity contribution < 1.29 is 16.8 Å². The molecule has 0 spiro atoms. The topological polar surface area (TPSA) is 118 Å². The normalized spacial score (nSPS) is 21.2. The van der Waals surface area contributed by atoms with Gasteiger partial charge < -0.3 is 5.73 Å². The van der Waals surface area contributed by atoms with Crippen LogP contribution in [0, 0.1) is 11.3 Å². The maximum Gasteiger partial charge on any atom is 0.210 e. The molecule has 1 aliphatic rings. The highest BCUT2D eigenvalue weighted by Crippen LogP contribution is 2.60. The van der Waals surface area contributed by atoms with Gasteiger partial charge in [0.25, 0.3) is 0 Å². The van der Waals surface area contributed by atoms with Gasteiger partial charge in [-0.05, 0) is 59.7 Å². The summed E-state index contributed by atoms with van der Waals surface area (Å²) in [7, 11) is -8.99. The minimum Gasteiger partial charge on any atom is -0.399 e. The van der Waals surface area contributed by atoms with Crippen LogP contribution in [0.1, 0.15) is 23.0 Å². The standard InChI is InChI=1S/C30H22Cl2N2O4S2/c31-22-15-11-20(12-16-22)26-27(21-13-17-23(32)18-14-21)30(19-33,40(37,38)25-9-5-2-6-10-25)29(34)28(26)39(35,36)24-7-3-1-4-8-24/h1-18,26-27H,34H2/t26-,27-,30+/m0/s1. The first-order valence-corrected chi connectivity index (χ1v) is 15.8. The Labute approximate surface area is 243 Å². The van der Waals surface area contributed by atoms with Crippen molar-refractivity contribution in [3.63, 3.8) is 0 Å². The highest BCUT2D eigenvalue weighted by Gasteiger charge is 2.65. The van der Waals surface area contributed by atoms with E-state index in [1.807, 2.05) is 6.07 Å². The molecule has 0 fully saturated rings. The van der Waals surface area contributed by atoms with Gasteiger partial charge in [0.15, 0.2) is 0 Å². The molecule has 4 aromatic carbocycles. The first-order valence-electron chi connectivity index (χ1n) is 12.1. The fourth-order valence-corrected chi connectivity index (χ4v) is 9.50. The molecule has 10 heteroatoms. The van der Waals surface area contributed by atoms with Gasteiger partial charge in [-0.25, -0.2) is 16.8 Å². The second-order valence-corrected chi connectivity index (χ2v) is 14.2. The lowest BCUT2D eigenvalue weighted by atomic mass is 9.78. The number of rotatable bonds is 6. The Morgan fingerprint density at radius 2 is 1.12 bits per heavy atom. The molecular weight excluding hydrogens is 587 g/mol. The van der Waals surface area contributed by atoms with Crippen LogP contribution in [0.15, 0.2) is 130 Å². The van der Waals surface area contributed by atoms with Crippen molar-refractivity contribution in [1.29, 1.82) is 5.26 Å². The Morgan fingerprint density at radius 3 is 1.60 bits per heavy atom. The van der Waals surface area contributed by atoms with E-state index < -0.39 is 42.0 Å². The zero-order valence-corrected chi connectivity index (χ0v) is 23.9. The van der Waals surface area contributed by atoms with Gasteiger partial charge in [0.1, 0.15) is 0 Å². The Bertz CT molecular complexity index is 1850. The predicted molar refractivity (Wildman–Crippen MR) is 155 cm³/mol. The smallest absolute Gasteiger partial charge is 0.210 e. The van der Waals surface area contributed by atoms with Gasteiger partial charge in [0.05, 0.1) is 26.5 Å². The van der Waals surface area contributed by atoms with Crippen molar-refractivity contribution in [3.05, 3.63) is 141 Å². The zero-order valence-electron chi connectivity index (χ0n) is 20.8. The first kappa shape index (κ1) is 27.9. The van der Waals surface area contributed by atoms with Crippen LogP contribution in [0.3, 0.4) is 0 Å². The van der Waals surface area contributed by atoms with Gasteiger partial charge in [0.2, 0.25) is 24.4 Å². The maximum absolute atomic E-state index is 14.5. The van der Waals surface area contributed by atoms with Crippen molar-refractivity contribution in [2.45, 2.75) is 26.4 Å². The van der Waals surface area contributed by atoms with E-state index in [2.05, 4.69) is 0 Å². The summed E-state index contributed by atoms with van der Waals surface area (Å²) in [6.45, 7) is 0. The zero-order chi connectivity index (χ0) is 28.7. The summed E-state index contributed by atoms with van der Waals surface area (Å²) in [5.74, 6) is -2.41. The van der Waals surface area contributed by atoms with Crippen LogP contribution in [0.25, 0.3) is 0 Å². The van der Waals surface area contributed by atoms with Crippen LogP contribution in [0.5, 0.6) is 0 Å². The third kappa shape index (κ3) is 4.30. The van der Waals surface area contributed by atoms with E-state index in [0.29, 0.717) is 21.2 Å². The molecule has 1 aliphatic carbocycles. The lowest BCUT2D eigenvalue weighted by Gasteiger charge is -2.33. The van der Waals surface area contributed by atoms with E-state index in [9.17, 15) is 22.1 Å². The highest BCUT2D eigenvalue weighted by atomic mass is 35.5. The van der Waals surface area contributed by atoms with Crippen molar-refractivity contribution in [1.82, 2.24) is 0 Å². The minimum absolute atomic E-state index is 0.0763. The lowest BCUT2D eigenvalue weighted by Crippen LogP contribution is -2.45. The first-order chi connectivity index (χ1) is 19.1. The van der Waals surface area contributed by atoms with Crippen molar-refractivity contribution in [3.8, 4) is 6.07 Å². The second-order valence-electron chi connectivity index (χ2n) is 9.32. The average molecular weight is 610 g/mol. The lowest BCUT2D eigenvalue weighted by molar-refractivity contribution is 0.527. The van der Waals surface area contributed by atoms with Crippen LogP contribution in [0.4, 0.5) is 0 Å². The Hall–Kier alpha value is -3.61. The van der Waals surface area contributed by atoms with Crippen LogP contribution in [-0.2, 0) is 19.7 Å².